The zero-order chi connectivity index (χ0) is 12.0. The predicted octanol–water partition coefficient (Wildman–Crippen LogP) is 2.12. The van der Waals surface area contributed by atoms with E-state index in [-0.39, 0.29) is 12.6 Å². The predicted molar refractivity (Wildman–Crippen MR) is 65.6 cm³/mol. The Morgan fingerprint density at radius 1 is 1.31 bits per heavy atom. The first-order valence-electron chi connectivity index (χ1n) is 5.79. The molecule has 3 nitrogen and oxygen atoms in total. The molecule has 0 saturated heterocycles. The van der Waals surface area contributed by atoms with Crippen LogP contribution >= 0.6 is 0 Å². The fourth-order valence-electron chi connectivity index (χ4n) is 1.69. The SMILES string of the molecule is Cc1ccc(C(C)NCCCCO)c(O)c1. The first-order valence-corrected chi connectivity index (χ1v) is 5.79. The second kappa shape index (κ2) is 6.51. The molecule has 1 unspecified atom stereocenters. The van der Waals surface area contributed by atoms with Crippen LogP contribution in [0.1, 0.15) is 36.9 Å². The minimum Gasteiger partial charge on any atom is -0.508 e. The minimum absolute atomic E-state index is 0.138. The van der Waals surface area contributed by atoms with E-state index in [0.29, 0.717) is 5.75 Å². The fourth-order valence-corrected chi connectivity index (χ4v) is 1.69. The van der Waals surface area contributed by atoms with E-state index in [1.807, 2.05) is 26.0 Å². The molecule has 0 heterocycles. The second-order valence-electron chi connectivity index (χ2n) is 4.17. The van der Waals surface area contributed by atoms with Crippen molar-refractivity contribution in [3.63, 3.8) is 0 Å². The molecule has 1 aromatic carbocycles. The number of phenols is 1. The number of phenolic OH excluding ortho intramolecular Hbond substituents is 1. The van der Waals surface area contributed by atoms with Crippen LogP contribution in [0.15, 0.2) is 18.2 Å². The van der Waals surface area contributed by atoms with Crippen LogP contribution in [0.4, 0.5) is 0 Å². The third-order valence-corrected chi connectivity index (χ3v) is 2.69. The maximum absolute atomic E-state index is 9.78. The Labute approximate surface area is 97.1 Å². The Bertz CT molecular complexity index is 326. The van der Waals surface area contributed by atoms with Crippen molar-refractivity contribution < 1.29 is 10.2 Å². The van der Waals surface area contributed by atoms with Gasteiger partial charge in [0, 0.05) is 18.2 Å². The average molecular weight is 223 g/mol. The summed E-state index contributed by atoms with van der Waals surface area (Å²) < 4.78 is 0. The summed E-state index contributed by atoms with van der Waals surface area (Å²) in [6.45, 7) is 5.09. The summed E-state index contributed by atoms with van der Waals surface area (Å²) in [5, 5.41) is 21.8. The van der Waals surface area contributed by atoms with Gasteiger partial charge in [-0.2, -0.15) is 0 Å². The summed E-state index contributed by atoms with van der Waals surface area (Å²) >= 11 is 0. The molecule has 1 rings (SSSR count). The van der Waals surface area contributed by atoms with Crippen molar-refractivity contribution in [1.82, 2.24) is 5.32 Å². The summed E-state index contributed by atoms with van der Waals surface area (Å²) in [4.78, 5) is 0. The maximum atomic E-state index is 9.78. The van der Waals surface area contributed by atoms with Crippen molar-refractivity contribution >= 4 is 0 Å². The van der Waals surface area contributed by atoms with Gasteiger partial charge in [-0.05, 0) is 44.9 Å². The summed E-state index contributed by atoms with van der Waals surface area (Å²) in [6.07, 6.45) is 1.77. The number of hydrogen-bond acceptors (Lipinski definition) is 3. The van der Waals surface area contributed by atoms with Gasteiger partial charge in [-0.25, -0.2) is 0 Å². The Morgan fingerprint density at radius 2 is 2.06 bits per heavy atom. The van der Waals surface area contributed by atoms with E-state index in [4.69, 9.17) is 5.11 Å². The summed E-state index contributed by atoms with van der Waals surface area (Å²) in [6, 6.07) is 5.87. The van der Waals surface area contributed by atoms with E-state index in [0.717, 1.165) is 30.5 Å². The van der Waals surface area contributed by atoms with Gasteiger partial charge < -0.3 is 15.5 Å². The van der Waals surface area contributed by atoms with Gasteiger partial charge in [-0.3, -0.25) is 0 Å². The average Bonchev–Trinajstić information content (AvgIpc) is 2.24. The minimum atomic E-state index is 0.138. The van der Waals surface area contributed by atoms with E-state index >= 15 is 0 Å². The van der Waals surface area contributed by atoms with Crippen LogP contribution in [-0.4, -0.2) is 23.4 Å². The molecule has 1 atom stereocenters. The van der Waals surface area contributed by atoms with Gasteiger partial charge in [-0.15, -0.1) is 0 Å². The molecule has 0 fully saturated rings. The number of aryl methyl sites for hydroxylation is 1. The molecule has 0 radical (unpaired) electrons. The molecular weight excluding hydrogens is 202 g/mol. The molecule has 0 aliphatic rings. The smallest absolute Gasteiger partial charge is 0.120 e. The lowest BCUT2D eigenvalue weighted by atomic mass is 10.0. The number of nitrogens with one attached hydrogen (secondary N) is 1. The van der Waals surface area contributed by atoms with Crippen LogP contribution < -0.4 is 5.32 Å². The van der Waals surface area contributed by atoms with E-state index in [1.54, 1.807) is 6.07 Å². The second-order valence-corrected chi connectivity index (χ2v) is 4.17. The lowest BCUT2D eigenvalue weighted by Gasteiger charge is -2.15. The molecule has 3 N–H and O–H groups in total. The molecule has 0 aliphatic heterocycles. The molecule has 0 spiro atoms. The molecule has 0 aliphatic carbocycles. The summed E-state index contributed by atoms with van der Waals surface area (Å²) in [5.41, 5.74) is 1.99. The monoisotopic (exact) mass is 223 g/mol. The highest BCUT2D eigenvalue weighted by atomic mass is 16.3. The molecule has 0 saturated carbocycles. The first kappa shape index (κ1) is 13.0. The van der Waals surface area contributed by atoms with Crippen LogP contribution in [0.5, 0.6) is 5.75 Å². The van der Waals surface area contributed by atoms with Crippen molar-refractivity contribution in [1.29, 1.82) is 0 Å². The van der Waals surface area contributed by atoms with Gasteiger partial charge in [-0.1, -0.05) is 12.1 Å². The molecule has 0 aromatic heterocycles. The number of aliphatic hydroxyl groups excluding tert-OH is 1. The quantitative estimate of drug-likeness (QED) is 0.647. The molecule has 16 heavy (non-hydrogen) atoms. The number of rotatable bonds is 6. The van der Waals surface area contributed by atoms with Crippen LogP contribution in [-0.2, 0) is 0 Å². The topological polar surface area (TPSA) is 52.5 Å². The van der Waals surface area contributed by atoms with E-state index in [2.05, 4.69) is 5.32 Å². The van der Waals surface area contributed by atoms with Crippen molar-refractivity contribution in [3.8, 4) is 5.75 Å². The van der Waals surface area contributed by atoms with Gasteiger partial charge in [0.25, 0.3) is 0 Å². The molecule has 0 amide bonds. The number of aliphatic hydroxyl groups is 1. The Kier molecular flexibility index (Phi) is 5.29. The summed E-state index contributed by atoms with van der Waals surface area (Å²) in [5.74, 6) is 0.349. The van der Waals surface area contributed by atoms with Crippen molar-refractivity contribution in [3.05, 3.63) is 29.3 Å². The zero-order valence-corrected chi connectivity index (χ0v) is 10.0. The molecular formula is C13H21NO2. The highest BCUT2D eigenvalue weighted by Gasteiger charge is 2.08. The van der Waals surface area contributed by atoms with Crippen LogP contribution in [0.2, 0.25) is 0 Å². The van der Waals surface area contributed by atoms with Gasteiger partial charge >= 0.3 is 0 Å². The number of unbranched alkanes of at least 4 members (excludes halogenated alkanes) is 1. The van der Waals surface area contributed by atoms with Crippen molar-refractivity contribution in [2.24, 2.45) is 0 Å². The summed E-state index contributed by atoms with van der Waals surface area (Å²) in [7, 11) is 0. The highest BCUT2D eigenvalue weighted by Crippen LogP contribution is 2.24. The van der Waals surface area contributed by atoms with Crippen LogP contribution in [0.25, 0.3) is 0 Å². The van der Waals surface area contributed by atoms with Gasteiger partial charge in [0.1, 0.15) is 5.75 Å². The zero-order valence-electron chi connectivity index (χ0n) is 10.0. The fraction of sp³-hybridized carbons (Fsp3) is 0.538. The lowest BCUT2D eigenvalue weighted by Crippen LogP contribution is -2.20. The third kappa shape index (κ3) is 3.83. The number of hydrogen-bond donors (Lipinski definition) is 3. The van der Waals surface area contributed by atoms with Crippen LogP contribution in [0.3, 0.4) is 0 Å². The third-order valence-electron chi connectivity index (χ3n) is 2.69. The van der Waals surface area contributed by atoms with E-state index in [1.165, 1.54) is 0 Å². The number of benzene rings is 1. The number of aromatic hydroxyl groups is 1. The van der Waals surface area contributed by atoms with Gasteiger partial charge in [0.15, 0.2) is 0 Å². The maximum Gasteiger partial charge on any atom is 0.120 e. The van der Waals surface area contributed by atoms with E-state index < -0.39 is 0 Å². The Balaban J connectivity index is 2.49. The largest absolute Gasteiger partial charge is 0.508 e. The van der Waals surface area contributed by atoms with Gasteiger partial charge in [0.2, 0.25) is 0 Å². The highest BCUT2D eigenvalue weighted by molar-refractivity contribution is 5.37. The first-order chi connectivity index (χ1) is 7.65. The normalized spacial score (nSPS) is 12.7. The molecule has 90 valence electrons. The lowest BCUT2D eigenvalue weighted by molar-refractivity contribution is 0.282. The Hall–Kier alpha value is -1.06. The standard InChI is InChI=1S/C13H21NO2/c1-10-5-6-12(13(16)9-10)11(2)14-7-3-4-8-15/h5-6,9,11,14-16H,3-4,7-8H2,1-2H3. The molecule has 0 bridgehead atoms. The van der Waals surface area contributed by atoms with E-state index in [9.17, 15) is 5.11 Å². The van der Waals surface area contributed by atoms with Gasteiger partial charge in [0.05, 0.1) is 0 Å². The van der Waals surface area contributed by atoms with Crippen LogP contribution in [0, 0.1) is 6.92 Å². The molecule has 3 heteroatoms. The van der Waals surface area contributed by atoms with Crippen molar-refractivity contribution in [2.75, 3.05) is 13.2 Å². The van der Waals surface area contributed by atoms with Crippen molar-refractivity contribution in [2.45, 2.75) is 32.7 Å². The Morgan fingerprint density at radius 3 is 2.69 bits per heavy atom. The molecule has 1 aromatic rings.